The molecule has 1 unspecified atom stereocenters. The third-order valence-electron chi connectivity index (χ3n) is 7.73. The molecule has 0 bridgehead atoms. The van der Waals surface area contributed by atoms with Gasteiger partial charge in [-0.25, -0.2) is 0 Å². The molecule has 0 amide bonds. The lowest BCUT2D eigenvalue weighted by Crippen LogP contribution is -2.37. The highest BCUT2D eigenvalue weighted by Gasteiger charge is 2.27. The Hall–Kier alpha value is -5.00. The first-order chi connectivity index (χ1) is 23.8. The summed E-state index contributed by atoms with van der Waals surface area (Å²) in [5.41, 5.74) is 12.3. The van der Waals surface area contributed by atoms with E-state index < -0.39 is 31.0 Å². The van der Waals surface area contributed by atoms with Crippen molar-refractivity contribution in [2.24, 2.45) is 5.92 Å². The van der Waals surface area contributed by atoms with E-state index in [1.54, 1.807) is 6.08 Å². The number of nitrogen functional groups attached to an aromatic ring is 2. The third kappa shape index (κ3) is 8.58. The number of nitrogens with zero attached hydrogens (tertiary/aromatic N) is 8. The fraction of sp³-hybridized carbons (Fsp3) is 0.357. The average molecular weight is 731 g/mol. The van der Waals surface area contributed by atoms with Crippen LogP contribution >= 0.6 is 0 Å². The van der Waals surface area contributed by atoms with Gasteiger partial charge in [-0.15, -0.1) is 0 Å². The minimum Gasteiger partial charge on any atom is -0.378 e. The van der Waals surface area contributed by atoms with Crippen molar-refractivity contribution in [3.8, 4) is 0 Å². The van der Waals surface area contributed by atoms with Crippen LogP contribution < -0.4 is 31.9 Å². The summed E-state index contributed by atoms with van der Waals surface area (Å²) < 4.78 is 80.6. The van der Waals surface area contributed by atoms with Crippen LogP contribution in [0, 0.1) is 5.92 Å². The van der Waals surface area contributed by atoms with Crippen molar-refractivity contribution >= 4 is 67.7 Å². The van der Waals surface area contributed by atoms with Gasteiger partial charge in [-0.2, -0.15) is 46.7 Å². The number of morpholine rings is 2. The molecule has 1 aromatic carbocycles. The van der Waals surface area contributed by atoms with Crippen molar-refractivity contribution in [3.63, 3.8) is 0 Å². The third-order valence-corrected chi connectivity index (χ3v) is 9.66. The summed E-state index contributed by atoms with van der Waals surface area (Å²) in [6, 6.07) is 4.07. The van der Waals surface area contributed by atoms with Crippen LogP contribution in [-0.2, 0) is 29.7 Å². The molecule has 0 spiro atoms. The minimum absolute atomic E-state index is 0.0427. The largest absolute Gasteiger partial charge is 0.378 e. The van der Waals surface area contributed by atoms with E-state index in [-0.39, 0.29) is 52.1 Å². The first kappa shape index (κ1) is 34.8. The molecule has 2 aromatic heterocycles. The number of nitrogens with two attached hydrogens (primary N) is 2. The van der Waals surface area contributed by atoms with Gasteiger partial charge in [-0.1, -0.05) is 24.3 Å². The Labute approximate surface area is 286 Å². The summed E-state index contributed by atoms with van der Waals surface area (Å²) in [5, 5.41) is 5.79. The van der Waals surface area contributed by atoms with Gasteiger partial charge in [0.2, 0.25) is 35.7 Å². The fourth-order valence-corrected chi connectivity index (χ4v) is 6.89. The molecule has 266 valence electrons. The smallest absolute Gasteiger partial charge is 0.295 e. The molecule has 22 heteroatoms. The van der Waals surface area contributed by atoms with Crippen LogP contribution in [0.25, 0.3) is 6.08 Å². The van der Waals surface area contributed by atoms with Crippen LogP contribution in [0.15, 0.2) is 51.9 Å². The van der Waals surface area contributed by atoms with Crippen LogP contribution in [0.4, 0.5) is 41.4 Å². The Morgan fingerprint density at radius 2 is 1.34 bits per heavy atom. The fourth-order valence-electron chi connectivity index (χ4n) is 5.35. The van der Waals surface area contributed by atoms with Gasteiger partial charge >= 0.3 is 0 Å². The molecule has 8 N–H and O–H groups in total. The van der Waals surface area contributed by atoms with Crippen LogP contribution in [-0.4, -0.2) is 108 Å². The quantitative estimate of drug-likeness (QED) is 0.156. The summed E-state index contributed by atoms with van der Waals surface area (Å²) >= 11 is 0. The van der Waals surface area contributed by atoms with Gasteiger partial charge in [-0.05, 0) is 30.2 Å². The molecule has 2 saturated heterocycles. The molecule has 2 fully saturated rings. The maximum absolute atomic E-state index is 12.5. The minimum atomic E-state index is -4.77. The van der Waals surface area contributed by atoms with Gasteiger partial charge in [0, 0.05) is 43.5 Å². The molecule has 0 radical (unpaired) electrons. The number of rotatable bonds is 10. The van der Waals surface area contributed by atoms with Crippen LogP contribution in [0.5, 0.6) is 0 Å². The number of benzene rings is 1. The topological polar surface area (TPSA) is 287 Å². The standard InChI is InChI=1S/C28H34N12O8S2/c29-23-33-25(37-27(35-23)39-7-11-47-12-8-39)31-19-5-3-17(21(15-19)49(41,42)43)1-2-18-4-6-20(16-22(18)50(44,45)46)32-26-34-24(30)36-28(38-26)40-9-13-48-14-10-40/h1-3,5-6,15-16,18H,4,7-14H2,(H,41,42,43)(H,44,45,46)(H3,29,31,33,35,37)(H3,30,32,34,36,38)/b2-1+. The molecule has 1 atom stereocenters. The SMILES string of the molecule is Nc1nc(NC2=CCC(/C=C/c3ccc(Nc4nc(N)nc(N5CCOCC5)n4)cc3S(=O)(=O)O)C(S(=O)(=O)O)=C2)nc(N2CCOCC2)n1. The predicted molar refractivity (Wildman–Crippen MR) is 183 cm³/mol. The lowest BCUT2D eigenvalue weighted by molar-refractivity contribution is 0.122. The van der Waals surface area contributed by atoms with Crippen molar-refractivity contribution < 1.29 is 35.4 Å². The van der Waals surface area contributed by atoms with Crippen molar-refractivity contribution in [2.75, 3.05) is 84.5 Å². The Balaban J connectivity index is 1.21. The normalized spacial score (nSPS) is 18.9. The summed E-state index contributed by atoms with van der Waals surface area (Å²) in [6.07, 6.45) is 5.68. The van der Waals surface area contributed by atoms with E-state index in [9.17, 15) is 25.9 Å². The van der Waals surface area contributed by atoms with Crippen LogP contribution in [0.2, 0.25) is 0 Å². The zero-order chi connectivity index (χ0) is 35.5. The zero-order valence-electron chi connectivity index (χ0n) is 26.4. The van der Waals surface area contributed by atoms with Gasteiger partial charge in [0.25, 0.3) is 20.2 Å². The van der Waals surface area contributed by atoms with Gasteiger partial charge in [0.1, 0.15) is 4.90 Å². The van der Waals surface area contributed by atoms with Crippen molar-refractivity contribution in [3.05, 3.63) is 52.6 Å². The van der Waals surface area contributed by atoms with Gasteiger partial charge in [-0.3, -0.25) is 9.11 Å². The Kier molecular flexibility index (Phi) is 10.1. The van der Waals surface area contributed by atoms with Crippen LogP contribution in [0.3, 0.4) is 0 Å². The molecular formula is C28H34N12O8S2. The number of allylic oxidation sites excluding steroid dienone is 4. The van der Waals surface area contributed by atoms with Gasteiger partial charge < -0.3 is 41.4 Å². The number of nitrogens with one attached hydrogen (secondary N) is 2. The molecule has 0 saturated carbocycles. The Bertz CT molecular complexity index is 2070. The Morgan fingerprint density at radius 1 is 0.780 bits per heavy atom. The second kappa shape index (κ2) is 14.5. The summed E-state index contributed by atoms with van der Waals surface area (Å²) in [6.45, 7) is 4.16. The molecule has 3 aliphatic rings. The lowest BCUT2D eigenvalue weighted by Gasteiger charge is -2.27. The maximum Gasteiger partial charge on any atom is 0.295 e. The van der Waals surface area contributed by atoms with E-state index in [2.05, 4.69) is 40.5 Å². The molecular weight excluding hydrogens is 697 g/mol. The average Bonchev–Trinajstić information content (AvgIpc) is 3.07. The molecule has 1 aliphatic carbocycles. The highest BCUT2D eigenvalue weighted by Crippen LogP contribution is 2.31. The van der Waals surface area contributed by atoms with E-state index in [0.29, 0.717) is 64.5 Å². The molecule has 20 nitrogen and oxygen atoms in total. The predicted octanol–water partition coefficient (Wildman–Crippen LogP) is 0.685. The molecule has 6 rings (SSSR count). The second-order valence-electron chi connectivity index (χ2n) is 11.2. The number of ether oxygens (including phenoxy) is 2. The summed E-state index contributed by atoms with van der Waals surface area (Å²) in [5.74, 6) is -0.263. The lowest BCUT2D eigenvalue weighted by atomic mass is 9.97. The Morgan fingerprint density at radius 3 is 1.88 bits per heavy atom. The number of hydrogen-bond donors (Lipinski definition) is 6. The molecule has 4 heterocycles. The number of aromatic nitrogens is 6. The number of hydrogen-bond acceptors (Lipinski definition) is 18. The van der Waals surface area contributed by atoms with E-state index in [4.69, 9.17) is 20.9 Å². The first-order valence-corrected chi connectivity index (χ1v) is 18.1. The summed E-state index contributed by atoms with van der Waals surface area (Å²) in [4.78, 5) is 28.1. The second-order valence-corrected chi connectivity index (χ2v) is 14.0. The van der Waals surface area contributed by atoms with E-state index in [1.165, 1.54) is 30.4 Å². The maximum atomic E-state index is 12.5. The van der Waals surface area contributed by atoms with Crippen LogP contribution in [0.1, 0.15) is 12.0 Å². The van der Waals surface area contributed by atoms with E-state index in [0.717, 1.165) is 6.07 Å². The highest BCUT2D eigenvalue weighted by molar-refractivity contribution is 7.89. The zero-order valence-corrected chi connectivity index (χ0v) is 28.0. The monoisotopic (exact) mass is 730 g/mol. The van der Waals surface area contributed by atoms with E-state index >= 15 is 0 Å². The molecule has 3 aromatic rings. The van der Waals surface area contributed by atoms with Gasteiger partial charge in [0.15, 0.2) is 0 Å². The molecule has 50 heavy (non-hydrogen) atoms. The molecule has 2 aliphatic heterocycles. The van der Waals surface area contributed by atoms with Crippen molar-refractivity contribution in [2.45, 2.75) is 11.3 Å². The number of anilines is 7. The van der Waals surface area contributed by atoms with E-state index in [1.807, 2.05) is 9.80 Å². The highest BCUT2D eigenvalue weighted by atomic mass is 32.2. The first-order valence-electron chi connectivity index (χ1n) is 15.2. The van der Waals surface area contributed by atoms with Crippen molar-refractivity contribution in [1.29, 1.82) is 0 Å². The van der Waals surface area contributed by atoms with Gasteiger partial charge in [0.05, 0.1) is 31.3 Å². The van der Waals surface area contributed by atoms with Crippen molar-refractivity contribution in [1.82, 2.24) is 29.9 Å². The summed E-state index contributed by atoms with van der Waals surface area (Å²) in [7, 11) is -9.49.